The van der Waals surface area contributed by atoms with Gasteiger partial charge in [0.1, 0.15) is 4.64 Å². The number of aromatic nitrogens is 4. The highest BCUT2D eigenvalue weighted by Gasteiger charge is 2.53. The molecule has 0 radical (unpaired) electrons. The molecule has 0 bridgehead atoms. The molecule has 0 aliphatic carbocycles. The van der Waals surface area contributed by atoms with E-state index in [0.717, 1.165) is 29.2 Å². The summed E-state index contributed by atoms with van der Waals surface area (Å²) < 4.78 is 158. The molecule has 2 saturated heterocycles. The summed E-state index contributed by atoms with van der Waals surface area (Å²) in [6, 6.07) is 0. The van der Waals surface area contributed by atoms with Gasteiger partial charge in [0.05, 0.1) is 0 Å². The minimum Gasteiger partial charge on any atom is -0.381 e. The van der Waals surface area contributed by atoms with E-state index in [1.165, 1.54) is 0 Å². The lowest BCUT2D eigenvalue weighted by Gasteiger charge is -2.23. The first-order valence-electron chi connectivity index (χ1n) is 14.2. The third-order valence-electron chi connectivity index (χ3n) is 6.42. The summed E-state index contributed by atoms with van der Waals surface area (Å²) in [5, 5.41) is 0. The molecular weight excluding hydrogens is 996 g/mol. The Labute approximate surface area is 334 Å². The molecule has 4 heterocycles. The Bertz CT molecular complexity index is 2380. The van der Waals surface area contributed by atoms with Crippen molar-refractivity contribution in [3.05, 3.63) is 38.2 Å². The van der Waals surface area contributed by atoms with Crippen LogP contribution in [-0.4, -0.2) is 82.2 Å². The minimum absolute atomic E-state index is 0.246. The molecule has 2 aromatic rings. The zero-order valence-electron chi connectivity index (χ0n) is 28.0. The largest absolute Gasteiger partial charge is 0.490 e. The summed E-state index contributed by atoms with van der Waals surface area (Å²) in [6.45, 7) is 1.92. The number of H-pyrrole nitrogens is 1. The molecule has 10 atom stereocenters. The molecule has 2 aliphatic rings. The van der Waals surface area contributed by atoms with Crippen LogP contribution in [0.15, 0.2) is 12.4 Å². The quantitative estimate of drug-likeness (QED) is 0.0713. The average molecular weight is 1020 g/mol. The fourth-order valence-corrected chi connectivity index (χ4v) is 11.4. The van der Waals surface area contributed by atoms with Crippen molar-refractivity contribution in [3.8, 4) is 0 Å². The molecule has 2 aromatic heterocycles. The second-order valence-electron chi connectivity index (χ2n) is 11.5. The number of alkyl halides is 2. The third-order valence-corrected chi connectivity index (χ3v) is 15.0. The number of aromatic amines is 1. The van der Waals surface area contributed by atoms with Gasteiger partial charge in [0.2, 0.25) is 4.77 Å². The van der Waals surface area contributed by atoms with Crippen molar-refractivity contribution in [2.75, 3.05) is 5.73 Å². The Balaban J connectivity index is 0.000000310. The van der Waals surface area contributed by atoms with Gasteiger partial charge in [0, 0.05) is 25.2 Å². The smallest absolute Gasteiger partial charge is 0.381 e. The molecule has 0 aromatic carbocycles. The summed E-state index contributed by atoms with van der Waals surface area (Å²) in [5.41, 5.74) is 0.513. The fraction of sp³-hybridized carbons (Fsp3) is 0.556. The van der Waals surface area contributed by atoms with Crippen LogP contribution >= 0.6 is 83.6 Å². The zero-order valence-corrected chi connectivity index (χ0v) is 35.8. The molecule has 40 heteroatoms. The monoisotopic (exact) mass is 1020 g/mol. The zero-order chi connectivity index (χ0) is 44.8. The molecule has 58 heavy (non-hydrogen) atoms. The topological polar surface area (TPSA) is 403 Å². The summed E-state index contributed by atoms with van der Waals surface area (Å²) in [7, 11) is -33.8. The maximum absolute atomic E-state index is 14.9. The van der Waals surface area contributed by atoms with Crippen LogP contribution in [0.2, 0.25) is 0 Å². The number of anilines is 1. The van der Waals surface area contributed by atoms with Gasteiger partial charge in [0.25, 0.3) is 0 Å². The predicted octanol–water partition coefficient (Wildman–Crippen LogP) is 4.38. The predicted molar refractivity (Wildman–Crippen MR) is 184 cm³/mol. The molecule has 2 aliphatic heterocycles. The van der Waals surface area contributed by atoms with Crippen molar-refractivity contribution >= 4 is 89.4 Å². The Morgan fingerprint density at radius 2 is 1.10 bits per heavy atom. The van der Waals surface area contributed by atoms with E-state index < -0.39 is 118 Å². The molecule has 0 amide bonds. The molecule has 332 valence electrons. The van der Waals surface area contributed by atoms with E-state index in [4.69, 9.17) is 69.0 Å². The van der Waals surface area contributed by atoms with Gasteiger partial charge in [-0.05, 0) is 38.3 Å². The Morgan fingerprint density at radius 1 is 0.724 bits per heavy atom. The highest BCUT2D eigenvalue weighted by Crippen LogP contribution is 2.68. The number of nitrogens with one attached hydrogen (secondary N) is 1. The van der Waals surface area contributed by atoms with Gasteiger partial charge in [-0.15, -0.1) is 0 Å². The van der Waals surface area contributed by atoms with E-state index in [-0.39, 0.29) is 9.41 Å². The summed E-state index contributed by atoms with van der Waals surface area (Å²) in [5.74, 6) is -2.59. The van der Waals surface area contributed by atoms with Gasteiger partial charge in [-0.1, -0.05) is 12.2 Å². The van der Waals surface area contributed by atoms with Crippen LogP contribution in [0.25, 0.3) is 0 Å². The first-order chi connectivity index (χ1) is 25.8. The van der Waals surface area contributed by atoms with E-state index in [9.17, 15) is 54.7 Å². The van der Waals surface area contributed by atoms with Gasteiger partial charge in [-0.3, -0.25) is 18.2 Å². The standard InChI is InChI=1S/C9H14F2N3O11P3S.C9H13F2N2O11P3S2/c1-9(11)2-5(22-7(9)14-3-4(10)6(12)13-8(14)29)23-27(18,19)25-28(20,21)24-26(15,16)17;1-9(11)2-5(21-7(9)13-3-4(10)6(28)12-8(13)29)22-26(17,18)24-27(19,20)23-25(14,15)16/h3,5,7H,2H2,1H3,(H,18,19)(H,20,21)(H2,12,13,29)(H2,15,16,17);3,5,7H,2H2,1H3,(H,17,18)(H,19,20)(H,12,28,29)(H2,14,15,16)/t2*5-,7-,9?/m11/s1. The number of halogens is 4. The number of nitrogen functional groups attached to an aromatic ring is 1. The van der Waals surface area contributed by atoms with Crippen LogP contribution in [0.1, 0.15) is 39.1 Å². The molecule has 0 saturated carbocycles. The van der Waals surface area contributed by atoms with Crippen molar-refractivity contribution in [2.24, 2.45) is 0 Å². The Hall–Kier alpha value is -0.920. The number of phosphoric ester groups is 2. The van der Waals surface area contributed by atoms with E-state index in [2.05, 4.69) is 48.5 Å². The van der Waals surface area contributed by atoms with Crippen molar-refractivity contribution < 1.29 is 120 Å². The Kier molecular flexibility index (Phi) is 16.0. The van der Waals surface area contributed by atoms with Crippen LogP contribution < -0.4 is 5.73 Å². The molecule has 0 spiro atoms. The first-order valence-corrected chi connectivity index (χ1v) is 24.5. The number of phosphoric acid groups is 6. The fourth-order valence-electron chi connectivity index (χ4n) is 4.51. The van der Waals surface area contributed by atoms with Crippen molar-refractivity contribution in [1.29, 1.82) is 0 Å². The maximum Gasteiger partial charge on any atom is 0.490 e. The Morgan fingerprint density at radius 3 is 1.50 bits per heavy atom. The molecule has 11 N–H and O–H groups in total. The van der Waals surface area contributed by atoms with Crippen LogP contribution in [0.4, 0.5) is 23.4 Å². The van der Waals surface area contributed by atoms with Gasteiger partial charge in [0.15, 0.2) is 58.6 Å². The number of rotatable bonds is 14. The highest BCUT2D eigenvalue weighted by atomic mass is 32.1. The van der Waals surface area contributed by atoms with Gasteiger partial charge < -0.3 is 59.3 Å². The number of hydrogen-bond donors (Lipinski definition) is 10. The summed E-state index contributed by atoms with van der Waals surface area (Å²) in [4.78, 5) is 76.8. The number of ether oxygens (including phenoxy) is 2. The highest BCUT2D eigenvalue weighted by molar-refractivity contribution is 7.72. The third kappa shape index (κ3) is 15.2. The average Bonchev–Trinajstić information content (AvgIpc) is 3.40. The van der Waals surface area contributed by atoms with Crippen molar-refractivity contribution in [1.82, 2.24) is 19.1 Å². The molecule has 2 fully saturated rings. The van der Waals surface area contributed by atoms with Gasteiger partial charge in [-0.2, -0.15) is 22.2 Å². The number of nitrogens with two attached hydrogens (primary N) is 1. The van der Waals surface area contributed by atoms with Crippen LogP contribution in [0.3, 0.4) is 0 Å². The molecule has 27 nitrogen and oxygen atoms in total. The van der Waals surface area contributed by atoms with E-state index >= 15 is 0 Å². The van der Waals surface area contributed by atoms with E-state index in [0.29, 0.717) is 6.20 Å². The maximum atomic E-state index is 14.9. The number of hydrogen-bond acceptors (Lipinski definition) is 19. The first kappa shape index (κ1) is 51.4. The normalized spacial score (nSPS) is 29.3. The molecular formula is C18H27F4N5O22P6S3. The number of nitrogens with zero attached hydrogens (tertiary/aromatic N) is 3. The minimum atomic E-state index is -5.76. The molecule has 6 unspecified atom stereocenters. The SMILES string of the molecule is CC1(F)C[C@@H](OP(=O)(O)OP(=O)(O)OP(=O)(O)O)O[C@H]1n1cc(F)c(=S)[nH]c1=S.CC1(F)C[C@@H](OP(=O)(O)OP(=O)(O)OP(=O)(O)O)O[C@H]1n1cc(F)c(N)nc1=S. The van der Waals surface area contributed by atoms with Crippen molar-refractivity contribution in [3.63, 3.8) is 0 Å². The second-order valence-corrected chi connectivity index (χ2v) is 21.4. The van der Waals surface area contributed by atoms with Gasteiger partial charge >= 0.3 is 46.9 Å². The summed E-state index contributed by atoms with van der Waals surface area (Å²) in [6.07, 6.45) is -7.27. The van der Waals surface area contributed by atoms with Crippen LogP contribution in [0, 0.1) is 25.8 Å². The van der Waals surface area contributed by atoms with Crippen LogP contribution in [0.5, 0.6) is 0 Å². The van der Waals surface area contributed by atoms with E-state index in [1.807, 2.05) is 0 Å². The molecule has 4 rings (SSSR count). The van der Waals surface area contributed by atoms with Crippen molar-refractivity contribution in [2.45, 2.75) is 63.1 Å². The van der Waals surface area contributed by atoms with E-state index in [1.54, 1.807) is 0 Å². The van der Waals surface area contributed by atoms with Crippen LogP contribution in [-0.2, 0) is 63.2 Å². The lowest BCUT2D eigenvalue weighted by molar-refractivity contribution is -0.120. The second kappa shape index (κ2) is 18.1. The van der Waals surface area contributed by atoms with Gasteiger partial charge in [-0.25, -0.2) is 45.0 Å². The summed E-state index contributed by atoms with van der Waals surface area (Å²) >= 11 is 14.4. The lowest BCUT2D eigenvalue weighted by Crippen LogP contribution is -2.28. The lowest BCUT2D eigenvalue weighted by atomic mass is 10.1.